The van der Waals surface area contributed by atoms with E-state index in [1.165, 1.54) is 18.2 Å². The molecule has 1 aliphatic heterocycles. The molecule has 0 radical (unpaired) electrons. The number of phenols is 1. The lowest BCUT2D eigenvalue weighted by atomic mass is 9.71. The average molecular weight is 393 g/mol. The lowest BCUT2D eigenvalue weighted by Gasteiger charge is -2.37. The summed E-state index contributed by atoms with van der Waals surface area (Å²) < 4.78 is 28.3. The van der Waals surface area contributed by atoms with E-state index in [9.17, 15) is 13.9 Å². The van der Waals surface area contributed by atoms with Crippen molar-refractivity contribution >= 4 is 5.84 Å². The van der Waals surface area contributed by atoms with Crippen LogP contribution in [0.1, 0.15) is 43.2 Å². The van der Waals surface area contributed by atoms with Gasteiger partial charge in [0, 0.05) is 5.56 Å². The number of hydrogen-bond acceptors (Lipinski definition) is 4. The van der Waals surface area contributed by atoms with E-state index in [4.69, 9.17) is 11.0 Å². The summed E-state index contributed by atoms with van der Waals surface area (Å²) in [5, 5.41) is 19.8. The van der Waals surface area contributed by atoms with Gasteiger partial charge in [0.1, 0.15) is 17.1 Å². The van der Waals surface area contributed by atoms with Crippen LogP contribution >= 0.6 is 0 Å². The van der Waals surface area contributed by atoms with E-state index < -0.39 is 17.2 Å². The molecule has 148 valence electrons. The van der Waals surface area contributed by atoms with E-state index in [-0.39, 0.29) is 23.1 Å². The van der Waals surface area contributed by atoms with E-state index >= 15 is 0 Å². The predicted molar refractivity (Wildman–Crippen MR) is 107 cm³/mol. The molecule has 4 nitrogen and oxygen atoms in total. The second kappa shape index (κ2) is 7.32. The molecule has 1 aliphatic carbocycles. The van der Waals surface area contributed by atoms with Crippen LogP contribution in [0.2, 0.25) is 0 Å². The average Bonchev–Trinajstić information content (AvgIpc) is 3.04. The number of benzene rings is 2. The molecule has 0 aromatic heterocycles. The van der Waals surface area contributed by atoms with Crippen molar-refractivity contribution in [1.29, 1.82) is 5.26 Å². The Kier molecular flexibility index (Phi) is 4.83. The zero-order valence-corrected chi connectivity index (χ0v) is 15.8. The van der Waals surface area contributed by atoms with Crippen molar-refractivity contribution in [2.45, 2.75) is 37.6 Å². The molecule has 29 heavy (non-hydrogen) atoms. The topological polar surface area (TPSA) is 82.4 Å². The van der Waals surface area contributed by atoms with Gasteiger partial charge in [-0.1, -0.05) is 25.3 Å². The summed E-state index contributed by atoms with van der Waals surface area (Å²) in [6, 6.07) is 10.9. The van der Waals surface area contributed by atoms with E-state index in [1.807, 2.05) is 6.07 Å². The van der Waals surface area contributed by atoms with Crippen LogP contribution in [0.3, 0.4) is 0 Å². The molecule has 0 amide bonds. The van der Waals surface area contributed by atoms with Crippen LogP contribution in [0, 0.1) is 23.1 Å². The third kappa shape index (κ3) is 3.38. The Morgan fingerprint density at radius 1 is 1.07 bits per heavy atom. The molecule has 3 N–H and O–H groups in total. The fourth-order valence-electron chi connectivity index (χ4n) is 4.52. The Morgan fingerprint density at radius 3 is 2.48 bits per heavy atom. The summed E-state index contributed by atoms with van der Waals surface area (Å²) >= 11 is 0. The third-order valence-electron chi connectivity index (χ3n) is 5.91. The Bertz CT molecular complexity index is 1040. The van der Waals surface area contributed by atoms with Crippen LogP contribution in [0.5, 0.6) is 5.75 Å². The number of halogens is 2. The van der Waals surface area contributed by atoms with Gasteiger partial charge in [-0.15, -0.1) is 0 Å². The summed E-state index contributed by atoms with van der Waals surface area (Å²) in [5.41, 5.74) is 6.47. The van der Waals surface area contributed by atoms with Crippen LogP contribution in [0.4, 0.5) is 8.78 Å². The van der Waals surface area contributed by atoms with Gasteiger partial charge in [-0.2, -0.15) is 5.26 Å². The molecule has 0 saturated heterocycles. The number of aromatic hydroxyl groups is 1. The molecule has 0 spiro atoms. The predicted octanol–water partition coefficient (Wildman–Crippen LogP) is 5.07. The van der Waals surface area contributed by atoms with Gasteiger partial charge in [-0.25, -0.2) is 13.8 Å². The van der Waals surface area contributed by atoms with Gasteiger partial charge < -0.3 is 10.8 Å². The van der Waals surface area contributed by atoms with Crippen molar-refractivity contribution in [2.75, 3.05) is 0 Å². The maximum atomic E-state index is 14.4. The molecule has 1 unspecified atom stereocenters. The van der Waals surface area contributed by atoms with Crippen LogP contribution < -0.4 is 5.73 Å². The fraction of sp³-hybridized carbons (Fsp3) is 0.304. The highest BCUT2D eigenvalue weighted by Crippen LogP contribution is 2.50. The normalized spacial score (nSPS) is 22.1. The molecular formula is C23H21F2N3O. The van der Waals surface area contributed by atoms with Gasteiger partial charge in [0.05, 0.1) is 11.6 Å². The van der Waals surface area contributed by atoms with Gasteiger partial charge in [0.2, 0.25) is 0 Å². The monoisotopic (exact) mass is 393 g/mol. The van der Waals surface area contributed by atoms with Crippen molar-refractivity contribution in [1.82, 2.24) is 0 Å². The second-order valence-corrected chi connectivity index (χ2v) is 7.72. The first-order chi connectivity index (χ1) is 13.9. The highest BCUT2D eigenvalue weighted by atomic mass is 19.1. The van der Waals surface area contributed by atoms with Gasteiger partial charge in [-0.3, -0.25) is 0 Å². The highest BCUT2D eigenvalue weighted by molar-refractivity contribution is 5.98. The Morgan fingerprint density at radius 2 is 1.83 bits per heavy atom. The van der Waals surface area contributed by atoms with Crippen LogP contribution in [-0.4, -0.2) is 10.9 Å². The number of nitrogens with two attached hydrogens (primary N) is 1. The summed E-state index contributed by atoms with van der Waals surface area (Å²) in [4.78, 5) is 4.48. The van der Waals surface area contributed by atoms with Crippen molar-refractivity contribution < 1.29 is 13.9 Å². The molecule has 6 heteroatoms. The minimum Gasteiger partial charge on any atom is -0.508 e. The Labute approximate surface area is 168 Å². The number of nitriles is 1. The summed E-state index contributed by atoms with van der Waals surface area (Å²) in [6.45, 7) is 0. The second-order valence-electron chi connectivity index (χ2n) is 7.72. The minimum absolute atomic E-state index is 0.00591. The number of rotatable bonds is 3. The van der Waals surface area contributed by atoms with Gasteiger partial charge >= 0.3 is 0 Å². The van der Waals surface area contributed by atoms with Crippen molar-refractivity contribution in [3.8, 4) is 22.9 Å². The lowest BCUT2D eigenvalue weighted by molar-refractivity contribution is 0.249. The number of hydrogen-bond donors (Lipinski definition) is 2. The molecular weight excluding hydrogens is 372 g/mol. The summed E-state index contributed by atoms with van der Waals surface area (Å²) in [5.74, 6) is -1.29. The molecule has 2 aliphatic rings. The highest BCUT2D eigenvalue weighted by Gasteiger charge is 2.45. The van der Waals surface area contributed by atoms with Crippen molar-refractivity contribution in [3.05, 3.63) is 65.2 Å². The van der Waals surface area contributed by atoms with Crippen LogP contribution in [-0.2, 0) is 5.54 Å². The lowest BCUT2D eigenvalue weighted by Crippen LogP contribution is -2.32. The van der Waals surface area contributed by atoms with E-state index in [2.05, 4.69) is 4.99 Å². The zero-order valence-electron chi connectivity index (χ0n) is 15.8. The first kappa shape index (κ1) is 19.1. The Balaban J connectivity index is 1.88. The summed E-state index contributed by atoms with van der Waals surface area (Å²) in [6.07, 6.45) is 6.24. The SMILES string of the molecule is N#Cc1cc(F)cc(-c2ccc(O)c(C3(C4CCCCC4)C=C(F)C(N)=N3)c2)c1. The smallest absolute Gasteiger partial charge is 0.163 e. The van der Waals surface area contributed by atoms with Crippen LogP contribution in [0.15, 0.2) is 53.3 Å². The molecule has 0 bridgehead atoms. The maximum absolute atomic E-state index is 14.4. The number of nitrogens with zero attached hydrogens (tertiary/aromatic N) is 2. The molecule has 2 aromatic carbocycles. The van der Waals surface area contributed by atoms with E-state index in [0.29, 0.717) is 16.7 Å². The summed E-state index contributed by atoms with van der Waals surface area (Å²) in [7, 11) is 0. The molecule has 1 atom stereocenters. The molecule has 4 rings (SSSR count). The quantitative estimate of drug-likeness (QED) is 0.764. The number of amidine groups is 1. The largest absolute Gasteiger partial charge is 0.508 e. The first-order valence-corrected chi connectivity index (χ1v) is 9.71. The zero-order chi connectivity index (χ0) is 20.6. The van der Waals surface area contributed by atoms with Gasteiger partial charge in [-0.05, 0) is 66.3 Å². The standard InChI is InChI=1S/C23H21F2N3O/c24-18-9-14(13-26)8-16(10-18)15-6-7-21(29)19(11-15)23(12-20(25)22(27)28-23)17-4-2-1-3-5-17/h6-12,17,29H,1-5H2,(H2,27,28). The third-order valence-corrected chi connectivity index (χ3v) is 5.91. The first-order valence-electron chi connectivity index (χ1n) is 9.71. The van der Waals surface area contributed by atoms with Crippen LogP contribution in [0.25, 0.3) is 11.1 Å². The minimum atomic E-state index is -1.08. The van der Waals surface area contributed by atoms with Gasteiger partial charge in [0.15, 0.2) is 11.7 Å². The van der Waals surface area contributed by atoms with Crippen molar-refractivity contribution in [2.24, 2.45) is 16.6 Å². The molecule has 1 fully saturated rings. The van der Waals surface area contributed by atoms with E-state index in [1.54, 1.807) is 18.2 Å². The van der Waals surface area contributed by atoms with Crippen molar-refractivity contribution in [3.63, 3.8) is 0 Å². The molecule has 1 saturated carbocycles. The maximum Gasteiger partial charge on any atom is 0.163 e. The molecule has 2 aromatic rings. The number of phenolic OH excluding ortho intramolecular Hbond substituents is 1. The Hall–Kier alpha value is -3.20. The fourth-order valence-corrected chi connectivity index (χ4v) is 4.52. The van der Waals surface area contributed by atoms with Gasteiger partial charge in [0.25, 0.3) is 0 Å². The molecule has 1 heterocycles. The number of aliphatic imine (C=N–C) groups is 1. The van der Waals surface area contributed by atoms with E-state index in [0.717, 1.165) is 38.2 Å².